The van der Waals surface area contributed by atoms with Crippen LogP contribution in [0.1, 0.15) is 0 Å². The molecule has 4 nitrogen and oxygen atoms in total. The summed E-state index contributed by atoms with van der Waals surface area (Å²) in [4.78, 5) is 14.9. The second-order valence-corrected chi connectivity index (χ2v) is 12.4. The van der Waals surface area contributed by atoms with E-state index in [1.807, 2.05) is 36.4 Å². The normalized spacial score (nSPS) is 11.7. The molecule has 4 heteroatoms. The van der Waals surface area contributed by atoms with Gasteiger partial charge < -0.3 is 4.42 Å². The van der Waals surface area contributed by atoms with Crippen LogP contribution in [0.3, 0.4) is 0 Å². The third-order valence-electron chi connectivity index (χ3n) is 9.48. The highest BCUT2D eigenvalue weighted by Gasteiger charge is 2.19. The van der Waals surface area contributed by atoms with Crippen molar-refractivity contribution in [1.82, 2.24) is 15.0 Å². The molecule has 0 aliphatic rings. The molecule has 10 rings (SSSR count). The van der Waals surface area contributed by atoms with E-state index in [1.54, 1.807) is 0 Å². The Labute approximate surface area is 282 Å². The lowest BCUT2D eigenvalue weighted by Gasteiger charge is -2.11. The first-order valence-electron chi connectivity index (χ1n) is 16.4. The second kappa shape index (κ2) is 11.0. The van der Waals surface area contributed by atoms with Crippen molar-refractivity contribution in [2.45, 2.75) is 0 Å². The van der Waals surface area contributed by atoms with Crippen LogP contribution >= 0.6 is 0 Å². The smallest absolute Gasteiger partial charge is 0.164 e. The Bertz CT molecular complexity index is 2870. The fourth-order valence-electron chi connectivity index (χ4n) is 7.08. The van der Waals surface area contributed by atoms with Gasteiger partial charge in [0, 0.05) is 32.8 Å². The molecule has 2 aromatic heterocycles. The van der Waals surface area contributed by atoms with E-state index >= 15 is 0 Å². The Hall–Kier alpha value is -6.65. The molecule has 228 valence electrons. The maximum atomic E-state index is 6.64. The van der Waals surface area contributed by atoms with Crippen LogP contribution in [0.5, 0.6) is 0 Å². The third kappa shape index (κ3) is 4.57. The highest BCUT2D eigenvalue weighted by Crippen LogP contribution is 2.43. The molecule has 10 aromatic rings. The SMILES string of the molecule is c1ccc(-c2nc(-c3ccc(-c4cc5ccc6ccccc6c5c5oc6ccccc6c45)cc3)nc(-c3ccc4ccccc4c3)n2)cc1. The lowest BCUT2D eigenvalue weighted by Crippen LogP contribution is -2.00. The summed E-state index contributed by atoms with van der Waals surface area (Å²) in [6.07, 6.45) is 0. The van der Waals surface area contributed by atoms with Crippen LogP contribution in [0.25, 0.3) is 99.5 Å². The molecule has 0 saturated carbocycles. The predicted molar refractivity (Wildman–Crippen MR) is 201 cm³/mol. The van der Waals surface area contributed by atoms with Gasteiger partial charge in [0.25, 0.3) is 0 Å². The number of hydrogen-bond donors (Lipinski definition) is 0. The van der Waals surface area contributed by atoms with E-state index in [4.69, 9.17) is 19.4 Å². The number of furan rings is 1. The fraction of sp³-hybridized carbons (Fsp3) is 0. The molecule has 0 saturated heterocycles. The van der Waals surface area contributed by atoms with Crippen molar-refractivity contribution >= 4 is 54.3 Å². The highest BCUT2D eigenvalue weighted by molar-refractivity contribution is 6.27. The second-order valence-electron chi connectivity index (χ2n) is 12.4. The first-order valence-corrected chi connectivity index (χ1v) is 16.4. The van der Waals surface area contributed by atoms with Gasteiger partial charge in [0.05, 0.1) is 0 Å². The summed E-state index contributed by atoms with van der Waals surface area (Å²) in [6, 6.07) is 56.9. The van der Waals surface area contributed by atoms with Gasteiger partial charge in [-0.25, -0.2) is 15.0 Å². The minimum absolute atomic E-state index is 0.632. The fourth-order valence-corrected chi connectivity index (χ4v) is 7.08. The molecule has 0 aliphatic heterocycles. The number of aromatic nitrogens is 3. The maximum Gasteiger partial charge on any atom is 0.164 e. The van der Waals surface area contributed by atoms with E-state index in [9.17, 15) is 0 Å². The molecule has 0 N–H and O–H groups in total. The van der Waals surface area contributed by atoms with E-state index in [0.717, 1.165) is 65.9 Å². The Kier molecular flexibility index (Phi) is 6.15. The Balaban J connectivity index is 1.14. The van der Waals surface area contributed by atoms with Crippen molar-refractivity contribution in [3.63, 3.8) is 0 Å². The lowest BCUT2D eigenvalue weighted by atomic mass is 9.92. The van der Waals surface area contributed by atoms with Gasteiger partial charge >= 0.3 is 0 Å². The molecule has 0 unspecified atom stereocenters. The number of hydrogen-bond acceptors (Lipinski definition) is 4. The highest BCUT2D eigenvalue weighted by atomic mass is 16.3. The van der Waals surface area contributed by atoms with Crippen LogP contribution in [0.15, 0.2) is 168 Å². The molecule has 0 fully saturated rings. The Morgan fingerprint density at radius 2 is 0.898 bits per heavy atom. The number of benzene rings is 8. The number of fused-ring (bicyclic) bond motifs is 8. The van der Waals surface area contributed by atoms with Crippen molar-refractivity contribution in [2.75, 3.05) is 0 Å². The molecule has 0 atom stereocenters. The molecular weight excluding hydrogens is 599 g/mol. The van der Waals surface area contributed by atoms with Gasteiger partial charge in [-0.15, -0.1) is 0 Å². The van der Waals surface area contributed by atoms with Gasteiger partial charge in [-0.2, -0.15) is 0 Å². The summed E-state index contributed by atoms with van der Waals surface area (Å²) in [5.74, 6) is 1.92. The van der Waals surface area contributed by atoms with Gasteiger partial charge in [0.15, 0.2) is 17.5 Å². The summed E-state index contributed by atoms with van der Waals surface area (Å²) < 4.78 is 6.64. The van der Waals surface area contributed by atoms with Crippen molar-refractivity contribution < 1.29 is 4.42 Å². The molecule has 0 amide bonds. The molecule has 0 aliphatic carbocycles. The summed E-state index contributed by atoms with van der Waals surface area (Å²) in [6.45, 7) is 0. The zero-order chi connectivity index (χ0) is 32.3. The van der Waals surface area contributed by atoms with Crippen LogP contribution < -0.4 is 0 Å². The van der Waals surface area contributed by atoms with E-state index in [1.165, 1.54) is 16.2 Å². The van der Waals surface area contributed by atoms with E-state index in [0.29, 0.717) is 17.5 Å². The number of para-hydroxylation sites is 1. The van der Waals surface area contributed by atoms with Crippen LogP contribution in [0.4, 0.5) is 0 Å². The van der Waals surface area contributed by atoms with Crippen LogP contribution in [0, 0.1) is 0 Å². The third-order valence-corrected chi connectivity index (χ3v) is 9.48. The minimum atomic E-state index is 0.632. The standard InChI is InChI=1S/C45H27N3O/c1-2-12-31(13-3-1)43-46-44(48-45(47-43)35-25-18-28-10-4-5-14-33(28)26-35)32-22-19-30(20-23-32)38-27-34-24-21-29-11-6-7-15-36(29)40(34)42-41(38)37-16-8-9-17-39(37)49-42/h1-27H. The van der Waals surface area contributed by atoms with Crippen LogP contribution in [-0.2, 0) is 0 Å². The topological polar surface area (TPSA) is 51.8 Å². The van der Waals surface area contributed by atoms with E-state index < -0.39 is 0 Å². The number of nitrogens with zero attached hydrogens (tertiary/aromatic N) is 3. The quantitative estimate of drug-likeness (QED) is 0.183. The van der Waals surface area contributed by atoms with Crippen molar-refractivity contribution in [3.05, 3.63) is 164 Å². The lowest BCUT2D eigenvalue weighted by molar-refractivity contribution is 0.673. The predicted octanol–water partition coefficient (Wildman–Crippen LogP) is 11.9. The molecule has 49 heavy (non-hydrogen) atoms. The summed E-state index contributed by atoms with van der Waals surface area (Å²) in [5.41, 5.74) is 6.85. The summed E-state index contributed by atoms with van der Waals surface area (Å²) in [7, 11) is 0. The zero-order valence-electron chi connectivity index (χ0n) is 26.3. The summed E-state index contributed by atoms with van der Waals surface area (Å²) >= 11 is 0. The average Bonchev–Trinajstić information content (AvgIpc) is 3.57. The Morgan fingerprint density at radius 1 is 0.347 bits per heavy atom. The van der Waals surface area contributed by atoms with Gasteiger partial charge in [-0.05, 0) is 56.3 Å². The van der Waals surface area contributed by atoms with E-state index in [-0.39, 0.29) is 0 Å². The molecule has 0 radical (unpaired) electrons. The zero-order valence-corrected chi connectivity index (χ0v) is 26.3. The minimum Gasteiger partial charge on any atom is -0.455 e. The maximum absolute atomic E-state index is 6.64. The summed E-state index contributed by atoms with van der Waals surface area (Å²) in [5, 5.41) is 9.24. The van der Waals surface area contributed by atoms with Crippen LogP contribution in [0.2, 0.25) is 0 Å². The van der Waals surface area contributed by atoms with Gasteiger partial charge in [-0.3, -0.25) is 0 Å². The molecule has 0 spiro atoms. The monoisotopic (exact) mass is 625 g/mol. The van der Waals surface area contributed by atoms with Gasteiger partial charge in [-0.1, -0.05) is 146 Å². The first-order chi connectivity index (χ1) is 24.3. The molecular formula is C45H27N3O. The molecule has 8 aromatic carbocycles. The molecule has 2 heterocycles. The van der Waals surface area contributed by atoms with E-state index in [2.05, 4.69) is 127 Å². The number of rotatable bonds is 4. The van der Waals surface area contributed by atoms with Crippen molar-refractivity contribution in [1.29, 1.82) is 0 Å². The first kappa shape index (κ1) is 27.5. The largest absolute Gasteiger partial charge is 0.455 e. The molecule has 0 bridgehead atoms. The van der Waals surface area contributed by atoms with Gasteiger partial charge in [0.2, 0.25) is 0 Å². The van der Waals surface area contributed by atoms with Crippen molar-refractivity contribution in [3.8, 4) is 45.3 Å². The van der Waals surface area contributed by atoms with Crippen molar-refractivity contribution in [2.24, 2.45) is 0 Å². The van der Waals surface area contributed by atoms with Gasteiger partial charge in [0.1, 0.15) is 11.2 Å². The van der Waals surface area contributed by atoms with Crippen LogP contribution in [-0.4, -0.2) is 15.0 Å². The Morgan fingerprint density at radius 3 is 1.69 bits per heavy atom. The average molecular weight is 626 g/mol.